The van der Waals surface area contributed by atoms with E-state index in [0.717, 1.165) is 9.75 Å². The first kappa shape index (κ1) is 17.8. The molecule has 8 heteroatoms. The summed E-state index contributed by atoms with van der Waals surface area (Å²) in [6.07, 6.45) is 1.78. The number of amides is 1. The number of benzene rings is 1. The Labute approximate surface area is 157 Å². The quantitative estimate of drug-likeness (QED) is 0.371. The molecule has 3 rings (SSSR count). The number of nitro groups is 1. The second-order valence-corrected chi connectivity index (χ2v) is 7.07. The second-order valence-electron chi connectivity index (χ2n) is 5.15. The van der Waals surface area contributed by atoms with Gasteiger partial charge in [-0.3, -0.25) is 14.9 Å². The van der Waals surface area contributed by atoms with Crippen molar-refractivity contribution < 1.29 is 14.5 Å². The van der Waals surface area contributed by atoms with E-state index in [1.54, 1.807) is 12.1 Å². The number of carbonyl (C=O) groups is 1. The Kier molecular flexibility index (Phi) is 5.45. The number of nitrogens with zero attached hydrogens (tertiary/aromatic N) is 1. The molecular formula is C18H14N2O4S2. The summed E-state index contributed by atoms with van der Waals surface area (Å²) in [6, 6.07) is 11.8. The topological polar surface area (TPSA) is 81.5 Å². The van der Waals surface area contributed by atoms with Crippen LogP contribution in [0.2, 0.25) is 0 Å². The van der Waals surface area contributed by atoms with Crippen LogP contribution in [0, 0.1) is 10.1 Å². The van der Waals surface area contributed by atoms with Crippen molar-refractivity contribution in [1.29, 1.82) is 0 Å². The SMILES string of the molecule is COc1ccc(NC(=O)/C(=C/c2cccs2)c2cccs2)c([N+](=O)[O-])c1. The highest BCUT2D eigenvalue weighted by Crippen LogP contribution is 2.31. The average molecular weight is 386 g/mol. The minimum absolute atomic E-state index is 0.120. The summed E-state index contributed by atoms with van der Waals surface area (Å²) in [6.45, 7) is 0. The van der Waals surface area contributed by atoms with Crippen LogP contribution in [-0.2, 0) is 4.79 Å². The molecule has 0 bridgehead atoms. The van der Waals surface area contributed by atoms with Gasteiger partial charge in [0.05, 0.1) is 23.7 Å². The van der Waals surface area contributed by atoms with Gasteiger partial charge in [-0.15, -0.1) is 22.7 Å². The molecule has 0 aliphatic rings. The van der Waals surface area contributed by atoms with E-state index in [9.17, 15) is 14.9 Å². The van der Waals surface area contributed by atoms with Gasteiger partial charge in [0.2, 0.25) is 0 Å². The summed E-state index contributed by atoms with van der Waals surface area (Å²) in [5, 5.41) is 17.8. The molecule has 6 nitrogen and oxygen atoms in total. The normalized spacial score (nSPS) is 11.2. The van der Waals surface area contributed by atoms with E-state index >= 15 is 0 Å². The molecule has 132 valence electrons. The third kappa shape index (κ3) is 3.98. The molecule has 0 fully saturated rings. The van der Waals surface area contributed by atoms with Crippen LogP contribution < -0.4 is 10.1 Å². The summed E-state index contributed by atoms with van der Waals surface area (Å²) in [5.41, 5.74) is 0.348. The maximum Gasteiger partial charge on any atom is 0.296 e. The number of hydrogen-bond donors (Lipinski definition) is 1. The third-order valence-corrected chi connectivity index (χ3v) is 5.23. The first-order valence-electron chi connectivity index (χ1n) is 7.51. The van der Waals surface area contributed by atoms with Crippen LogP contribution >= 0.6 is 22.7 Å². The fourth-order valence-electron chi connectivity index (χ4n) is 2.28. The molecule has 0 aliphatic heterocycles. The Morgan fingerprint density at radius 3 is 2.58 bits per heavy atom. The van der Waals surface area contributed by atoms with Crippen molar-refractivity contribution in [3.05, 3.63) is 73.1 Å². The first-order valence-corrected chi connectivity index (χ1v) is 9.27. The standard InChI is InChI=1S/C18H14N2O4S2/c1-24-12-6-7-15(16(10-12)20(22)23)19-18(21)14(17-5-3-9-26-17)11-13-4-2-8-25-13/h2-11H,1H3,(H,19,21)/b14-11+. The lowest BCUT2D eigenvalue weighted by Crippen LogP contribution is -2.14. The van der Waals surface area contributed by atoms with E-state index in [1.165, 1.54) is 41.9 Å². The van der Waals surface area contributed by atoms with Crippen molar-refractivity contribution in [3.63, 3.8) is 0 Å². The van der Waals surface area contributed by atoms with Gasteiger partial charge in [0.25, 0.3) is 11.6 Å². The van der Waals surface area contributed by atoms with Gasteiger partial charge in [-0.05, 0) is 41.1 Å². The Bertz CT molecular complexity index is 948. The maximum absolute atomic E-state index is 12.8. The molecule has 0 radical (unpaired) electrons. The summed E-state index contributed by atoms with van der Waals surface area (Å²) in [5.74, 6) is -0.0589. The number of nitro benzene ring substituents is 1. The van der Waals surface area contributed by atoms with Gasteiger partial charge in [-0.25, -0.2) is 0 Å². The smallest absolute Gasteiger partial charge is 0.296 e. The zero-order chi connectivity index (χ0) is 18.5. The molecule has 0 unspecified atom stereocenters. The van der Waals surface area contributed by atoms with Crippen molar-refractivity contribution >= 4 is 51.6 Å². The maximum atomic E-state index is 12.8. The third-order valence-electron chi connectivity index (χ3n) is 3.51. The molecule has 3 aromatic rings. The number of ether oxygens (including phenoxy) is 1. The van der Waals surface area contributed by atoms with Crippen molar-refractivity contribution in [1.82, 2.24) is 0 Å². The van der Waals surface area contributed by atoms with E-state index in [1.807, 2.05) is 35.0 Å². The molecule has 2 aromatic heterocycles. The fraction of sp³-hybridized carbons (Fsp3) is 0.0556. The highest BCUT2D eigenvalue weighted by Gasteiger charge is 2.20. The minimum atomic E-state index is -0.550. The van der Waals surface area contributed by atoms with Gasteiger partial charge in [-0.2, -0.15) is 0 Å². The number of hydrogen-bond acceptors (Lipinski definition) is 6. The van der Waals surface area contributed by atoms with Crippen LogP contribution in [0.3, 0.4) is 0 Å². The van der Waals surface area contributed by atoms with Crippen molar-refractivity contribution in [3.8, 4) is 5.75 Å². The van der Waals surface area contributed by atoms with E-state index < -0.39 is 10.8 Å². The molecule has 26 heavy (non-hydrogen) atoms. The lowest BCUT2D eigenvalue weighted by atomic mass is 10.1. The van der Waals surface area contributed by atoms with Gasteiger partial charge in [0.15, 0.2) is 0 Å². The number of rotatable bonds is 6. The fourth-order valence-corrected chi connectivity index (χ4v) is 3.68. The molecule has 1 amide bonds. The van der Waals surface area contributed by atoms with Crippen LogP contribution in [0.15, 0.2) is 53.2 Å². The average Bonchev–Trinajstić information content (AvgIpc) is 3.33. The zero-order valence-corrected chi connectivity index (χ0v) is 15.3. The molecule has 2 heterocycles. The Morgan fingerprint density at radius 2 is 1.96 bits per heavy atom. The van der Waals surface area contributed by atoms with Crippen molar-refractivity contribution in [2.75, 3.05) is 12.4 Å². The largest absolute Gasteiger partial charge is 0.496 e. The number of thiophene rings is 2. The zero-order valence-electron chi connectivity index (χ0n) is 13.7. The van der Waals surface area contributed by atoms with Gasteiger partial charge in [0.1, 0.15) is 11.4 Å². The van der Waals surface area contributed by atoms with Crippen LogP contribution in [-0.4, -0.2) is 17.9 Å². The van der Waals surface area contributed by atoms with E-state index in [0.29, 0.717) is 11.3 Å². The highest BCUT2D eigenvalue weighted by atomic mass is 32.1. The monoisotopic (exact) mass is 386 g/mol. The summed E-state index contributed by atoms with van der Waals surface area (Å²) in [7, 11) is 1.43. The van der Waals surface area contributed by atoms with Gasteiger partial charge in [-0.1, -0.05) is 12.1 Å². The minimum Gasteiger partial charge on any atom is -0.496 e. The van der Waals surface area contributed by atoms with Gasteiger partial charge >= 0.3 is 0 Å². The summed E-state index contributed by atoms with van der Waals surface area (Å²) < 4.78 is 5.02. The molecule has 0 aliphatic carbocycles. The number of nitrogens with one attached hydrogen (secondary N) is 1. The lowest BCUT2D eigenvalue weighted by molar-refractivity contribution is -0.384. The highest BCUT2D eigenvalue weighted by molar-refractivity contribution is 7.12. The summed E-state index contributed by atoms with van der Waals surface area (Å²) >= 11 is 2.94. The van der Waals surface area contributed by atoms with Gasteiger partial charge < -0.3 is 10.1 Å². The summed E-state index contributed by atoms with van der Waals surface area (Å²) in [4.78, 5) is 25.3. The molecule has 0 saturated carbocycles. The first-order chi connectivity index (χ1) is 12.6. The molecule has 0 saturated heterocycles. The predicted octanol–water partition coefficient (Wildman–Crippen LogP) is 4.91. The van der Waals surface area contributed by atoms with E-state index in [4.69, 9.17) is 4.74 Å². The van der Waals surface area contributed by atoms with Crippen LogP contribution in [0.5, 0.6) is 5.75 Å². The van der Waals surface area contributed by atoms with E-state index in [-0.39, 0.29) is 11.4 Å². The predicted molar refractivity (Wildman–Crippen MR) is 105 cm³/mol. The van der Waals surface area contributed by atoms with E-state index in [2.05, 4.69) is 5.32 Å². The van der Waals surface area contributed by atoms with Gasteiger partial charge in [0, 0.05) is 9.75 Å². The van der Waals surface area contributed by atoms with Crippen molar-refractivity contribution in [2.45, 2.75) is 0 Å². The van der Waals surface area contributed by atoms with Crippen LogP contribution in [0.4, 0.5) is 11.4 Å². The molecule has 1 aromatic carbocycles. The molecular weight excluding hydrogens is 372 g/mol. The number of anilines is 1. The van der Waals surface area contributed by atoms with Crippen LogP contribution in [0.1, 0.15) is 9.75 Å². The number of methoxy groups -OCH3 is 1. The Morgan fingerprint density at radius 1 is 1.19 bits per heavy atom. The second kappa shape index (κ2) is 7.94. The molecule has 0 atom stereocenters. The number of carbonyl (C=O) groups excluding carboxylic acids is 1. The molecule has 0 spiro atoms. The molecule has 1 N–H and O–H groups in total. The lowest BCUT2D eigenvalue weighted by Gasteiger charge is -2.09. The van der Waals surface area contributed by atoms with Crippen molar-refractivity contribution in [2.24, 2.45) is 0 Å². The van der Waals surface area contributed by atoms with Crippen LogP contribution in [0.25, 0.3) is 11.6 Å². The Balaban J connectivity index is 1.95. The Hall–Kier alpha value is -2.97.